The molecule has 0 spiro atoms. The average molecular weight is 214 g/mol. The van der Waals surface area contributed by atoms with E-state index in [9.17, 15) is 9.59 Å². The van der Waals surface area contributed by atoms with Crippen molar-refractivity contribution < 1.29 is 14.7 Å². The van der Waals surface area contributed by atoms with Crippen LogP contribution in [0.25, 0.3) is 0 Å². The van der Waals surface area contributed by atoms with Crippen molar-refractivity contribution >= 4 is 11.9 Å². The third-order valence-corrected chi connectivity index (χ3v) is 2.44. The first-order valence-electron chi connectivity index (χ1n) is 5.28. The van der Waals surface area contributed by atoms with E-state index in [-0.39, 0.29) is 18.9 Å². The van der Waals surface area contributed by atoms with Gasteiger partial charge < -0.3 is 15.3 Å². The second-order valence-corrected chi connectivity index (χ2v) is 3.94. The van der Waals surface area contributed by atoms with Crippen LogP contribution in [-0.2, 0) is 9.59 Å². The summed E-state index contributed by atoms with van der Waals surface area (Å²) in [4.78, 5) is 23.2. The van der Waals surface area contributed by atoms with Crippen LogP contribution in [0.2, 0.25) is 0 Å². The Morgan fingerprint density at radius 3 is 2.60 bits per heavy atom. The fraction of sp³-hybridized carbons (Fsp3) is 0.800. The van der Waals surface area contributed by atoms with Gasteiger partial charge in [-0.2, -0.15) is 0 Å². The van der Waals surface area contributed by atoms with Crippen LogP contribution in [0.1, 0.15) is 25.7 Å². The molecule has 0 aromatic rings. The number of hydrogen-bond donors (Lipinski definition) is 2. The zero-order valence-corrected chi connectivity index (χ0v) is 9.03. The fourth-order valence-electron chi connectivity index (χ4n) is 1.25. The van der Waals surface area contributed by atoms with Gasteiger partial charge in [-0.3, -0.25) is 9.59 Å². The molecule has 0 aromatic carbocycles. The van der Waals surface area contributed by atoms with E-state index in [1.165, 1.54) is 17.7 Å². The molecule has 5 heteroatoms. The van der Waals surface area contributed by atoms with Crippen molar-refractivity contribution in [2.75, 3.05) is 20.1 Å². The van der Waals surface area contributed by atoms with Crippen molar-refractivity contribution in [2.45, 2.75) is 31.7 Å². The van der Waals surface area contributed by atoms with Gasteiger partial charge in [0.1, 0.15) is 0 Å². The number of amides is 1. The van der Waals surface area contributed by atoms with Crippen molar-refractivity contribution in [3.63, 3.8) is 0 Å². The van der Waals surface area contributed by atoms with Crippen molar-refractivity contribution in [2.24, 2.45) is 0 Å². The molecule has 0 aliphatic heterocycles. The molecule has 0 heterocycles. The van der Waals surface area contributed by atoms with Gasteiger partial charge >= 0.3 is 5.97 Å². The molecule has 0 saturated heterocycles. The topological polar surface area (TPSA) is 69.6 Å². The smallest absolute Gasteiger partial charge is 0.305 e. The Labute approximate surface area is 89.4 Å². The third kappa shape index (κ3) is 5.37. The van der Waals surface area contributed by atoms with E-state index in [2.05, 4.69) is 5.32 Å². The highest BCUT2D eigenvalue weighted by Crippen LogP contribution is 2.18. The van der Waals surface area contributed by atoms with Crippen molar-refractivity contribution in [1.82, 2.24) is 10.2 Å². The summed E-state index contributed by atoms with van der Waals surface area (Å²) < 4.78 is 0. The van der Waals surface area contributed by atoms with Crippen LogP contribution in [0.3, 0.4) is 0 Å². The molecule has 0 aromatic heterocycles. The Hall–Kier alpha value is -1.10. The highest BCUT2D eigenvalue weighted by molar-refractivity contribution is 5.76. The highest BCUT2D eigenvalue weighted by atomic mass is 16.4. The van der Waals surface area contributed by atoms with Gasteiger partial charge in [0.25, 0.3) is 0 Å². The van der Waals surface area contributed by atoms with Crippen LogP contribution in [0.15, 0.2) is 0 Å². The molecule has 15 heavy (non-hydrogen) atoms. The molecule has 1 rings (SSSR count). The van der Waals surface area contributed by atoms with Gasteiger partial charge in [-0.05, 0) is 12.8 Å². The minimum Gasteiger partial charge on any atom is -0.481 e. The monoisotopic (exact) mass is 214 g/mol. The van der Waals surface area contributed by atoms with Crippen LogP contribution in [0.5, 0.6) is 0 Å². The van der Waals surface area contributed by atoms with Crippen molar-refractivity contribution in [1.29, 1.82) is 0 Å². The molecule has 0 bridgehead atoms. The molecule has 1 amide bonds. The number of aliphatic carboxylic acids is 1. The lowest BCUT2D eigenvalue weighted by Gasteiger charge is -2.15. The first-order chi connectivity index (χ1) is 7.09. The standard InChI is InChI=1S/C10H18N2O3/c1-12(7-5-10(14)15)9(13)4-6-11-8-2-3-8/h8,11H,2-7H2,1H3,(H,14,15). The molecule has 2 N–H and O–H groups in total. The lowest BCUT2D eigenvalue weighted by atomic mass is 10.3. The quantitative estimate of drug-likeness (QED) is 0.629. The van der Waals surface area contributed by atoms with E-state index in [0.29, 0.717) is 19.0 Å². The van der Waals surface area contributed by atoms with Gasteiger partial charge in [0, 0.05) is 32.6 Å². The Morgan fingerprint density at radius 1 is 1.40 bits per heavy atom. The van der Waals surface area contributed by atoms with Crippen LogP contribution in [-0.4, -0.2) is 48.1 Å². The molecule has 86 valence electrons. The minimum atomic E-state index is -0.870. The SMILES string of the molecule is CN(CCC(=O)O)C(=O)CCNC1CC1. The molecule has 1 aliphatic carbocycles. The number of hydrogen-bond acceptors (Lipinski definition) is 3. The Morgan fingerprint density at radius 2 is 2.07 bits per heavy atom. The number of nitrogens with zero attached hydrogens (tertiary/aromatic N) is 1. The minimum absolute atomic E-state index is 0.00407. The predicted octanol–water partition coefficient (Wildman–Crippen LogP) is 0.0616. The van der Waals surface area contributed by atoms with Gasteiger partial charge in [0.05, 0.1) is 6.42 Å². The van der Waals surface area contributed by atoms with E-state index in [4.69, 9.17) is 5.11 Å². The van der Waals surface area contributed by atoms with E-state index in [1.54, 1.807) is 7.05 Å². The Kier molecular flexibility index (Phi) is 4.55. The van der Waals surface area contributed by atoms with Crippen LogP contribution in [0.4, 0.5) is 0 Å². The normalized spacial score (nSPS) is 15.0. The molecule has 1 aliphatic rings. The maximum atomic E-state index is 11.5. The summed E-state index contributed by atoms with van der Waals surface area (Å²) in [5.41, 5.74) is 0. The summed E-state index contributed by atoms with van der Waals surface area (Å²) in [7, 11) is 1.64. The highest BCUT2D eigenvalue weighted by Gasteiger charge is 2.20. The molecular formula is C10H18N2O3. The van der Waals surface area contributed by atoms with Crippen LogP contribution in [0, 0.1) is 0 Å². The molecule has 0 atom stereocenters. The van der Waals surface area contributed by atoms with E-state index in [0.717, 1.165) is 0 Å². The second kappa shape index (κ2) is 5.70. The summed E-state index contributed by atoms with van der Waals surface area (Å²) in [6.07, 6.45) is 2.89. The lowest BCUT2D eigenvalue weighted by Crippen LogP contribution is -2.32. The summed E-state index contributed by atoms with van der Waals surface area (Å²) in [5.74, 6) is -0.866. The lowest BCUT2D eigenvalue weighted by molar-refractivity contribution is -0.138. The van der Waals surface area contributed by atoms with Crippen LogP contribution < -0.4 is 5.32 Å². The molecule has 0 unspecified atom stereocenters. The molecular weight excluding hydrogens is 196 g/mol. The summed E-state index contributed by atoms with van der Waals surface area (Å²) in [5, 5.41) is 11.7. The number of carbonyl (C=O) groups excluding carboxylic acids is 1. The van der Waals surface area contributed by atoms with E-state index in [1.807, 2.05) is 0 Å². The fourth-order valence-corrected chi connectivity index (χ4v) is 1.25. The average Bonchev–Trinajstić information content (AvgIpc) is 2.97. The van der Waals surface area contributed by atoms with Gasteiger partial charge in [-0.1, -0.05) is 0 Å². The Balaban J connectivity index is 2.05. The number of nitrogens with one attached hydrogen (secondary N) is 1. The summed E-state index contributed by atoms with van der Waals surface area (Å²) in [6.45, 7) is 0.985. The van der Waals surface area contributed by atoms with Crippen molar-refractivity contribution in [3.05, 3.63) is 0 Å². The first-order valence-corrected chi connectivity index (χ1v) is 5.28. The maximum absolute atomic E-state index is 11.5. The Bertz CT molecular complexity index is 239. The third-order valence-electron chi connectivity index (χ3n) is 2.44. The number of carboxylic acid groups (broad SMARTS) is 1. The molecule has 1 fully saturated rings. The zero-order valence-electron chi connectivity index (χ0n) is 9.03. The number of carbonyl (C=O) groups is 2. The van der Waals surface area contributed by atoms with E-state index >= 15 is 0 Å². The zero-order chi connectivity index (χ0) is 11.3. The summed E-state index contributed by atoms with van der Waals surface area (Å²) >= 11 is 0. The summed E-state index contributed by atoms with van der Waals surface area (Å²) in [6, 6.07) is 0.613. The van der Waals surface area contributed by atoms with Crippen molar-refractivity contribution in [3.8, 4) is 0 Å². The van der Waals surface area contributed by atoms with Gasteiger partial charge in [0.15, 0.2) is 0 Å². The largest absolute Gasteiger partial charge is 0.481 e. The number of carboxylic acids is 1. The van der Waals surface area contributed by atoms with Gasteiger partial charge in [-0.25, -0.2) is 0 Å². The van der Waals surface area contributed by atoms with Crippen LogP contribution >= 0.6 is 0 Å². The predicted molar refractivity (Wildman–Crippen MR) is 55.5 cm³/mol. The van der Waals surface area contributed by atoms with E-state index < -0.39 is 5.97 Å². The maximum Gasteiger partial charge on any atom is 0.305 e. The second-order valence-electron chi connectivity index (χ2n) is 3.94. The molecule has 5 nitrogen and oxygen atoms in total. The molecule has 0 radical (unpaired) electrons. The first kappa shape index (κ1) is 12.0. The van der Waals surface area contributed by atoms with Gasteiger partial charge in [0.2, 0.25) is 5.91 Å². The molecule has 1 saturated carbocycles. The number of rotatable bonds is 7. The van der Waals surface area contributed by atoms with Gasteiger partial charge in [-0.15, -0.1) is 0 Å².